The number of halogens is 3. The third-order valence-corrected chi connectivity index (χ3v) is 8.24. The van der Waals surface area contributed by atoms with Crippen LogP contribution in [0, 0.1) is 17.0 Å². The highest BCUT2D eigenvalue weighted by Gasteiger charge is 2.31. The number of nitrogens with zero attached hydrogens (tertiary/aromatic N) is 6. The van der Waals surface area contributed by atoms with E-state index in [-0.39, 0.29) is 40.2 Å². The standard InChI is InChI=1S/C24H21F3N8O4S3/c1-3-40-23-33-31-21(42-23)29-19(36)12-41-22-32-30-18(34(22)16-6-4-5-15(10-16)24(25,26)27)11-28-20(37)14-8-7-13(2)17(9-14)35(38)39/h4-10H,3,11-12H2,1-2H3,(H,28,37)(H,29,31,36). The van der Waals surface area contributed by atoms with Crippen LogP contribution < -0.4 is 10.6 Å². The van der Waals surface area contributed by atoms with Crippen LogP contribution in [-0.4, -0.2) is 53.2 Å². The molecular formula is C24H21F3N8O4S3. The normalized spacial score (nSPS) is 11.4. The van der Waals surface area contributed by atoms with Crippen LogP contribution in [0.3, 0.4) is 0 Å². The van der Waals surface area contributed by atoms with Crippen LogP contribution in [0.25, 0.3) is 5.69 Å². The zero-order valence-corrected chi connectivity index (χ0v) is 24.3. The van der Waals surface area contributed by atoms with Crippen molar-refractivity contribution in [2.75, 3.05) is 16.8 Å². The molecule has 0 fully saturated rings. The fraction of sp³-hybridized carbons (Fsp3) is 0.250. The van der Waals surface area contributed by atoms with E-state index >= 15 is 0 Å². The zero-order chi connectivity index (χ0) is 30.4. The van der Waals surface area contributed by atoms with Crippen LogP contribution in [-0.2, 0) is 17.5 Å². The van der Waals surface area contributed by atoms with Crippen LogP contribution in [0.1, 0.15) is 34.2 Å². The van der Waals surface area contributed by atoms with Crippen LogP contribution in [0.4, 0.5) is 24.0 Å². The van der Waals surface area contributed by atoms with Gasteiger partial charge in [0, 0.05) is 17.2 Å². The Bertz CT molecular complexity index is 1630. The number of carbonyl (C=O) groups is 2. The number of alkyl halides is 3. The number of benzene rings is 2. The Balaban J connectivity index is 1.56. The van der Waals surface area contributed by atoms with E-state index in [0.29, 0.717) is 15.0 Å². The summed E-state index contributed by atoms with van der Waals surface area (Å²) < 4.78 is 42.4. The Morgan fingerprint density at radius 3 is 2.60 bits per heavy atom. The van der Waals surface area contributed by atoms with E-state index in [2.05, 4.69) is 31.0 Å². The molecule has 220 valence electrons. The minimum atomic E-state index is -4.62. The quantitative estimate of drug-likeness (QED) is 0.0977. The summed E-state index contributed by atoms with van der Waals surface area (Å²) in [5, 5.41) is 32.8. The molecular weight excluding hydrogens is 618 g/mol. The lowest BCUT2D eigenvalue weighted by Crippen LogP contribution is -2.25. The first-order chi connectivity index (χ1) is 20.0. The molecule has 4 rings (SSSR count). The van der Waals surface area contributed by atoms with E-state index in [0.717, 1.165) is 35.7 Å². The molecule has 0 saturated carbocycles. The number of nitro benzene ring substituents is 1. The van der Waals surface area contributed by atoms with Gasteiger partial charge in [-0.15, -0.1) is 20.4 Å². The van der Waals surface area contributed by atoms with E-state index in [1.54, 1.807) is 0 Å². The number of rotatable bonds is 11. The van der Waals surface area contributed by atoms with Crippen molar-refractivity contribution in [1.29, 1.82) is 0 Å². The monoisotopic (exact) mass is 638 g/mol. The molecule has 0 radical (unpaired) electrons. The van der Waals surface area contributed by atoms with Gasteiger partial charge in [0.2, 0.25) is 11.0 Å². The highest BCUT2D eigenvalue weighted by molar-refractivity contribution is 8.01. The molecule has 2 N–H and O–H groups in total. The number of carbonyl (C=O) groups excluding carboxylic acids is 2. The molecule has 0 aliphatic carbocycles. The average molecular weight is 639 g/mol. The van der Waals surface area contributed by atoms with Gasteiger partial charge in [-0.1, -0.05) is 53.9 Å². The van der Waals surface area contributed by atoms with Gasteiger partial charge in [-0.05, 0) is 36.9 Å². The molecule has 0 saturated heterocycles. The Labute approximate surface area is 248 Å². The van der Waals surface area contributed by atoms with Crippen LogP contribution in [0.15, 0.2) is 52.0 Å². The second kappa shape index (κ2) is 13.3. The van der Waals surface area contributed by atoms with Crippen molar-refractivity contribution in [2.24, 2.45) is 0 Å². The van der Waals surface area contributed by atoms with Crippen LogP contribution >= 0.6 is 34.9 Å². The van der Waals surface area contributed by atoms with Crippen molar-refractivity contribution in [3.8, 4) is 5.69 Å². The fourth-order valence-electron chi connectivity index (χ4n) is 3.53. The number of aromatic nitrogens is 5. The summed E-state index contributed by atoms with van der Waals surface area (Å²) in [6.45, 7) is 3.21. The van der Waals surface area contributed by atoms with Gasteiger partial charge >= 0.3 is 6.18 Å². The van der Waals surface area contributed by atoms with Crippen molar-refractivity contribution in [3.05, 3.63) is 75.1 Å². The molecule has 0 atom stereocenters. The van der Waals surface area contributed by atoms with Crippen molar-refractivity contribution in [1.82, 2.24) is 30.3 Å². The van der Waals surface area contributed by atoms with E-state index in [4.69, 9.17) is 0 Å². The summed E-state index contributed by atoms with van der Waals surface area (Å²) in [6.07, 6.45) is -4.62. The number of hydrogen-bond donors (Lipinski definition) is 2. The number of nitro groups is 1. The maximum absolute atomic E-state index is 13.5. The lowest BCUT2D eigenvalue weighted by atomic mass is 10.1. The Kier molecular flexibility index (Phi) is 9.79. The van der Waals surface area contributed by atoms with Gasteiger partial charge in [-0.25, -0.2) is 0 Å². The molecule has 0 unspecified atom stereocenters. The van der Waals surface area contributed by atoms with Gasteiger partial charge in [0.1, 0.15) is 0 Å². The first-order valence-electron chi connectivity index (χ1n) is 12.0. The lowest BCUT2D eigenvalue weighted by Gasteiger charge is -2.13. The van der Waals surface area contributed by atoms with Crippen molar-refractivity contribution in [3.63, 3.8) is 0 Å². The number of thioether (sulfide) groups is 2. The molecule has 2 aromatic heterocycles. The predicted molar refractivity (Wildman–Crippen MR) is 151 cm³/mol. The van der Waals surface area contributed by atoms with E-state index in [1.807, 2.05) is 6.92 Å². The van der Waals surface area contributed by atoms with Gasteiger partial charge in [0.15, 0.2) is 15.3 Å². The Morgan fingerprint density at radius 2 is 1.88 bits per heavy atom. The molecule has 0 bridgehead atoms. The predicted octanol–water partition coefficient (Wildman–Crippen LogP) is 5.13. The van der Waals surface area contributed by atoms with Crippen molar-refractivity contribution in [2.45, 2.75) is 36.1 Å². The molecule has 2 heterocycles. The summed E-state index contributed by atoms with van der Waals surface area (Å²) >= 11 is 3.60. The SMILES string of the molecule is CCSc1nnc(NC(=O)CSc2nnc(CNC(=O)c3ccc(C)c([N+](=O)[O-])c3)n2-c2cccc(C(F)(F)F)c2)s1. The zero-order valence-electron chi connectivity index (χ0n) is 21.8. The number of amides is 2. The van der Waals surface area contributed by atoms with E-state index in [9.17, 15) is 32.9 Å². The minimum Gasteiger partial charge on any atom is -0.345 e. The van der Waals surface area contributed by atoms with Gasteiger partial charge in [-0.2, -0.15) is 13.2 Å². The maximum Gasteiger partial charge on any atom is 0.416 e. The first-order valence-corrected chi connectivity index (χ1v) is 14.8. The highest BCUT2D eigenvalue weighted by Crippen LogP contribution is 2.32. The van der Waals surface area contributed by atoms with E-state index < -0.39 is 28.5 Å². The molecule has 0 aliphatic rings. The summed E-state index contributed by atoms with van der Waals surface area (Å²) in [7, 11) is 0. The summed E-state index contributed by atoms with van der Waals surface area (Å²) in [4.78, 5) is 36.0. The average Bonchev–Trinajstić information content (AvgIpc) is 3.56. The van der Waals surface area contributed by atoms with Crippen LogP contribution in [0.5, 0.6) is 0 Å². The molecule has 0 aliphatic heterocycles. The minimum absolute atomic E-state index is 0.0147. The molecule has 42 heavy (non-hydrogen) atoms. The summed E-state index contributed by atoms with van der Waals surface area (Å²) in [6, 6.07) is 8.41. The van der Waals surface area contributed by atoms with Gasteiger partial charge < -0.3 is 5.32 Å². The number of hydrogen-bond acceptors (Lipinski definition) is 11. The summed E-state index contributed by atoms with van der Waals surface area (Å²) in [5.74, 6) is -0.428. The van der Waals surface area contributed by atoms with Gasteiger partial charge in [-0.3, -0.25) is 29.6 Å². The lowest BCUT2D eigenvalue weighted by molar-refractivity contribution is -0.385. The van der Waals surface area contributed by atoms with Crippen molar-refractivity contribution >= 4 is 57.5 Å². The first kappa shape index (κ1) is 30.9. The second-order valence-corrected chi connectivity index (χ2v) is 11.8. The van der Waals surface area contributed by atoms with Crippen LogP contribution in [0.2, 0.25) is 0 Å². The number of aryl methyl sites for hydroxylation is 1. The second-order valence-electron chi connectivity index (χ2n) is 8.37. The third kappa shape index (κ3) is 7.62. The third-order valence-electron chi connectivity index (χ3n) is 5.46. The van der Waals surface area contributed by atoms with Crippen molar-refractivity contribution < 1.29 is 27.7 Å². The fourth-order valence-corrected chi connectivity index (χ4v) is 5.96. The molecule has 18 heteroatoms. The Hall–Kier alpha value is -4.03. The van der Waals surface area contributed by atoms with Gasteiger partial charge in [0.05, 0.1) is 28.5 Å². The molecule has 0 spiro atoms. The molecule has 12 nitrogen and oxygen atoms in total. The molecule has 2 aromatic carbocycles. The topological polar surface area (TPSA) is 158 Å². The maximum atomic E-state index is 13.5. The molecule has 2 amide bonds. The highest BCUT2D eigenvalue weighted by atomic mass is 32.2. The number of anilines is 1. The smallest absolute Gasteiger partial charge is 0.345 e. The summed E-state index contributed by atoms with van der Waals surface area (Å²) in [5.41, 5.74) is -0.709. The molecule has 4 aromatic rings. The largest absolute Gasteiger partial charge is 0.416 e. The Morgan fingerprint density at radius 1 is 1.10 bits per heavy atom. The van der Waals surface area contributed by atoms with Gasteiger partial charge in [0.25, 0.3) is 11.6 Å². The van der Waals surface area contributed by atoms with E-state index in [1.165, 1.54) is 58.9 Å². The number of nitrogens with one attached hydrogen (secondary N) is 2.